The summed E-state index contributed by atoms with van der Waals surface area (Å²) in [4.78, 5) is 15.4. The molecule has 0 atom stereocenters. The molecule has 0 spiro atoms. The highest BCUT2D eigenvalue weighted by Crippen LogP contribution is 2.12. The molecular formula is C13H22N4O2. The van der Waals surface area contributed by atoms with E-state index in [1.165, 1.54) is 5.56 Å². The smallest absolute Gasteiger partial charge is 0.248 e. The minimum absolute atomic E-state index is 0.171. The van der Waals surface area contributed by atoms with E-state index in [2.05, 4.69) is 23.1 Å². The Morgan fingerprint density at radius 3 is 2.63 bits per heavy atom. The van der Waals surface area contributed by atoms with Gasteiger partial charge < -0.3 is 10.0 Å². The van der Waals surface area contributed by atoms with Gasteiger partial charge in [-0.15, -0.1) is 0 Å². The first-order chi connectivity index (χ1) is 9.13. The van der Waals surface area contributed by atoms with Gasteiger partial charge in [0.05, 0.1) is 5.69 Å². The molecule has 0 unspecified atom stereocenters. The van der Waals surface area contributed by atoms with Crippen molar-refractivity contribution in [2.45, 2.75) is 19.9 Å². The predicted molar refractivity (Wildman–Crippen MR) is 71.5 cm³/mol. The van der Waals surface area contributed by atoms with Crippen LogP contribution in [-0.4, -0.2) is 63.4 Å². The number of aliphatic hydroxyl groups excluding tert-OH is 1. The molecular weight excluding hydrogens is 244 g/mol. The molecule has 1 aliphatic heterocycles. The van der Waals surface area contributed by atoms with Crippen molar-refractivity contribution >= 4 is 5.91 Å². The van der Waals surface area contributed by atoms with E-state index in [0.717, 1.165) is 31.7 Å². The topological polar surface area (TPSA) is 61.6 Å². The van der Waals surface area contributed by atoms with Crippen molar-refractivity contribution in [1.29, 1.82) is 0 Å². The number of piperazine rings is 1. The molecule has 106 valence electrons. The Labute approximate surface area is 113 Å². The van der Waals surface area contributed by atoms with Gasteiger partial charge in [-0.3, -0.25) is 14.4 Å². The molecule has 0 saturated carbocycles. The van der Waals surface area contributed by atoms with E-state index >= 15 is 0 Å². The van der Waals surface area contributed by atoms with Gasteiger partial charge in [-0.05, 0) is 6.42 Å². The van der Waals surface area contributed by atoms with E-state index in [4.69, 9.17) is 5.11 Å². The lowest BCUT2D eigenvalue weighted by Crippen LogP contribution is -2.49. The summed E-state index contributed by atoms with van der Waals surface area (Å²) in [6.45, 7) is 5.71. The molecule has 1 aromatic heterocycles. The van der Waals surface area contributed by atoms with E-state index in [0.29, 0.717) is 13.1 Å². The Hall–Kier alpha value is -1.40. The number of carbonyl (C=O) groups excluding carboxylic acids is 1. The van der Waals surface area contributed by atoms with Gasteiger partial charge in [-0.1, -0.05) is 6.92 Å². The second kappa shape index (κ2) is 6.16. The molecule has 1 fully saturated rings. The number of nitrogens with zero attached hydrogens (tertiary/aromatic N) is 4. The van der Waals surface area contributed by atoms with E-state index in [-0.39, 0.29) is 12.5 Å². The fourth-order valence-corrected chi connectivity index (χ4v) is 2.51. The summed E-state index contributed by atoms with van der Waals surface area (Å²) < 4.78 is 1.86. The third-order valence-corrected chi connectivity index (χ3v) is 3.58. The van der Waals surface area contributed by atoms with Gasteiger partial charge in [0.2, 0.25) is 5.91 Å². The molecule has 2 heterocycles. The zero-order valence-corrected chi connectivity index (χ0v) is 11.7. The first-order valence-electron chi connectivity index (χ1n) is 6.76. The number of hydrogen-bond acceptors (Lipinski definition) is 4. The van der Waals surface area contributed by atoms with E-state index in [9.17, 15) is 4.79 Å². The summed E-state index contributed by atoms with van der Waals surface area (Å²) in [6, 6.07) is 0. The molecule has 0 aromatic carbocycles. The maximum Gasteiger partial charge on any atom is 0.248 e. The molecule has 19 heavy (non-hydrogen) atoms. The monoisotopic (exact) mass is 266 g/mol. The van der Waals surface area contributed by atoms with Gasteiger partial charge >= 0.3 is 0 Å². The number of carbonyl (C=O) groups is 1. The van der Waals surface area contributed by atoms with Gasteiger partial charge in [0.15, 0.2) is 0 Å². The number of amides is 1. The number of aryl methyl sites for hydroxylation is 2. The summed E-state index contributed by atoms with van der Waals surface area (Å²) in [6.07, 6.45) is 3.02. The molecule has 1 aliphatic rings. The van der Waals surface area contributed by atoms with Crippen molar-refractivity contribution in [3.05, 3.63) is 17.5 Å². The van der Waals surface area contributed by atoms with Gasteiger partial charge in [0.25, 0.3) is 0 Å². The van der Waals surface area contributed by atoms with Crippen LogP contribution in [-0.2, 0) is 24.8 Å². The zero-order valence-electron chi connectivity index (χ0n) is 11.7. The van der Waals surface area contributed by atoms with Gasteiger partial charge in [0, 0.05) is 51.5 Å². The van der Waals surface area contributed by atoms with Crippen LogP contribution in [0.4, 0.5) is 0 Å². The third-order valence-electron chi connectivity index (χ3n) is 3.58. The summed E-state index contributed by atoms with van der Waals surface area (Å²) >= 11 is 0. The normalized spacial score (nSPS) is 16.9. The summed E-state index contributed by atoms with van der Waals surface area (Å²) in [5.41, 5.74) is 2.42. The first kappa shape index (κ1) is 14.0. The van der Waals surface area contributed by atoms with E-state index in [1.807, 2.05) is 11.7 Å². The highest BCUT2D eigenvalue weighted by molar-refractivity contribution is 5.77. The number of rotatable bonds is 4. The van der Waals surface area contributed by atoms with Crippen LogP contribution in [0.5, 0.6) is 0 Å². The van der Waals surface area contributed by atoms with Crippen molar-refractivity contribution in [2.75, 3.05) is 32.8 Å². The minimum Gasteiger partial charge on any atom is -0.387 e. The second-order valence-corrected chi connectivity index (χ2v) is 4.94. The number of aromatic nitrogens is 2. The van der Waals surface area contributed by atoms with Crippen molar-refractivity contribution in [1.82, 2.24) is 19.6 Å². The highest BCUT2D eigenvalue weighted by Gasteiger charge is 2.21. The van der Waals surface area contributed by atoms with Crippen molar-refractivity contribution in [2.24, 2.45) is 7.05 Å². The molecule has 0 radical (unpaired) electrons. The maximum atomic E-state index is 11.4. The summed E-state index contributed by atoms with van der Waals surface area (Å²) in [5.74, 6) is -0.171. The number of hydrogen-bond donors (Lipinski definition) is 1. The van der Waals surface area contributed by atoms with Crippen LogP contribution in [0.15, 0.2) is 6.20 Å². The minimum atomic E-state index is -0.386. The van der Waals surface area contributed by atoms with Crippen LogP contribution in [0.2, 0.25) is 0 Å². The van der Waals surface area contributed by atoms with Gasteiger partial charge in [-0.25, -0.2) is 0 Å². The Bertz CT molecular complexity index is 436. The molecule has 2 rings (SSSR count). The Balaban J connectivity index is 1.90. The largest absolute Gasteiger partial charge is 0.387 e. The second-order valence-electron chi connectivity index (χ2n) is 4.94. The lowest BCUT2D eigenvalue weighted by atomic mass is 10.2. The third kappa shape index (κ3) is 3.33. The molecule has 6 nitrogen and oxygen atoms in total. The van der Waals surface area contributed by atoms with Crippen LogP contribution in [0.25, 0.3) is 0 Å². The molecule has 0 bridgehead atoms. The lowest BCUT2D eigenvalue weighted by molar-refractivity contribution is -0.135. The van der Waals surface area contributed by atoms with Gasteiger partial charge in [-0.2, -0.15) is 5.10 Å². The Kier molecular flexibility index (Phi) is 4.55. The Morgan fingerprint density at radius 2 is 2.05 bits per heavy atom. The Morgan fingerprint density at radius 1 is 1.37 bits per heavy atom. The summed E-state index contributed by atoms with van der Waals surface area (Å²) in [7, 11) is 1.94. The van der Waals surface area contributed by atoms with Crippen LogP contribution in [0.1, 0.15) is 18.2 Å². The van der Waals surface area contributed by atoms with Crippen molar-refractivity contribution in [3.8, 4) is 0 Å². The zero-order chi connectivity index (χ0) is 13.8. The molecule has 1 amide bonds. The molecule has 1 N–H and O–H groups in total. The van der Waals surface area contributed by atoms with Crippen LogP contribution in [0, 0.1) is 0 Å². The van der Waals surface area contributed by atoms with Gasteiger partial charge in [0.1, 0.15) is 6.61 Å². The standard InChI is InChI=1S/C13H22N4O2/c1-3-12-11(8-15(2)14-12)9-16-4-6-17(7-5-16)13(19)10-18/h8,18H,3-7,9-10H2,1-2H3. The van der Waals surface area contributed by atoms with Crippen LogP contribution < -0.4 is 0 Å². The predicted octanol–water partition coefficient (Wildman–Crippen LogP) is -0.381. The molecule has 6 heteroatoms. The van der Waals surface area contributed by atoms with Crippen LogP contribution >= 0.6 is 0 Å². The highest BCUT2D eigenvalue weighted by atomic mass is 16.3. The fourth-order valence-electron chi connectivity index (χ4n) is 2.51. The van der Waals surface area contributed by atoms with E-state index in [1.54, 1.807) is 4.90 Å². The fraction of sp³-hybridized carbons (Fsp3) is 0.692. The average molecular weight is 266 g/mol. The molecule has 1 aromatic rings. The summed E-state index contributed by atoms with van der Waals surface area (Å²) in [5, 5.41) is 13.3. The average Bonchev–Trinajstić information content (AvgIpc) is 2.78. The van der Waals surface area contributed by atoms with Crippen molar-refractivity contribution in [3.63, 3.8) is 0 Å². The van der Waals surface area contributed by atoms with E-state index < -0.39 is 0 Å². The first-order valence-corrected chi connectivity index (χ1v) is 6.76. The quantitative estimate of drug-likeness (QED) is 0.807. The number of aliphatic hydroxyl groups is 1. The maximum absolute atomic E-state index is 11.4. The molecule has 1 saturated heterocycles. The van der Waals surface area contributed by atoms with Crippen LogP contribution in [0.3, 0.4) is 0 Å². The molecule has 0 aliphatic carbocycles. The van der Waals surface area contributed by atoms with Crippen molar-refractivity contribution < 1.29 is 9.90 Å². The SMILES string of the molecule is CCc1nn(C)cc1CN1CCN(C(=O)CO)CC1. The lowest BCUT2D eigenvalue weighted by Gasteiger charge is -2.34.